The minimum absolute atomic E-state index is 0.245. The third kappa shape index (κ3) is 0.981. The number of nitrogens with zero attached hydrogens (tertiary/aromatic N) is 1. The molecule has 7 heteroatoms. The van der Waals surface area contributed by atoms with Gasteiger partial charge in [0.1, 0.15) is 17.0 Å². The van der Waals surface area contributed by atoms with Crippen molar-refractivity contribution in [2.24, 2.45) is 0 Å². The molecule has 1 aliphatic heterocycles. The van der Waals surface area contributed by atoms with Gasteiger partial charge in [0.15, 0.2) is 5.82 Å². The Balaban J connectivity index is 2.60. The van der Waals surface area contributed by atoms with E-state index in [4.69, 9.17) is 5.73 Å². The summed E-state index contributed by atoms with van der Waals surface area (Å²) < 4.78 is 0. The molecule has 0 bridgehead atoms. The van der Waals surface area contributed by atoms with E-state index in [0.717, 1.165) is 0 Å². The number of H-pyrrole nitrogens is 1. The van der Waals surface area contributed by atoms with Crippen molar-refractivity contribution in [3.8, 4) is 0 Å². The lowest BCUT2D eigenvalue weighted by atomic mass is 10.4. The molecule has 0 aromatic carbocycles. The van der Waals surface area contributed by atoms with Crippen LogP contribution in [0.1, 0.15) is 0 Å². The summed E-state index contributed by atoms with van der Waals surface area (Å²) in [5, 5.41) is 5.71. The Morgan fingerprint density at radius 2 is 2.25 bits per heavy atom. The van der Waals surface area contributed by atoms with E-state index in [1.54, 1.807) is 0 Å². The third-order valence-electron chi connectivity index (χ3n) is 1.52. The molecule has 1 unspecified atom stereocenters. The molecule has 0 aliphatic carbocycles. The van der Waals surface area contributed by atoms with Crippen LogP contribution < -0.4 is 22.1 Å². The van der Waals surface area contributed by atoms with E-state index in [-0.39, 0.29) is 11.3 Å². The minimum Gasteiger partial charge on any atom is -0.383 e. The summed E-state index contributed by atoms with van der Waals surface area (Å²) in [6.45, 7) is 0. The van der Waals surface area contributed by atoms with Gasteiger partial charge in [0, 0.05) is 0 Å². The van der Waals surface area contributed by atoms with Gasteiger partial charge in [0.05, 0.1) is 0 Å². The fourth-order valence-electron chi connectivity index (χ4n) is 1.04. The maximum absolute atomic E-state index is 10.8. The standard InChI is InChI=1S/C5H7N5OS/c6-2-1-3(9-4(11)8-2)10-5(12)7-1/h5,7,12H,(H4,6,8,9,10,11). The van der Waals surface area contributed by atoms with Crippen molar-refractivity contribution in [2.45, 2.75) is 5.50 Å². The topological polar surface area (TPSA) is 95.8 Å². The van der Waals surface area contributed by atoms with E-state index in [2.05, 4.69) is 33.2 Å². The molecule has 6 nitrogen and oxygen atoms in total. The van der Waals surface area contributed by atoms with Crippen molar-refractivity contribution >= 4 is 30.0 Å². The zero-order valence-corrected chi connectivity index (χ0v) is 6.85. The molecule has 0 fully saturated rings. The molecule has 1 atom stereocenters. The molecule has 1 aromatic heterocycles. The Kier molecular flexibility index (Phi) is 1.40. The van der Waals surface area contributed by atoms with Gasteiger partial charge in [0.25, 0.3) is 0 Å². The van der Waals surface area contributed by atoms with E-state index in [9.17, 15) is 4.79 Å². The number of aromatic amines is 1. The van der Waals surface area contributed by atoms with Gasteiger partial charge in [-0.05, 0) is 0 Å². The van der Waals surface area contributed by atoms with Gasteiger partial charge in [-0.3, -0.25) is 4.98 Å². The number of nitrogen functional groups attached to an aromatic ring is 1. The summed E-state index contributed by atoms with van der Waals surface area (Å²) in [7, 11) is 0. The number of hydrogen-bond acceptors (Lipinski definition) is 6. The van der Waals surface area contributed by atoms with Crippen molar-refractivity contribution in [2.75, 3.05) is 16.4 Å². The maximum Gasteiger partial charge on any atom is 0.348 e. The summed E-state index contributed by atoms with van der Waals surface area (Å²) in [5.74, 6) is 0.713. The SMILES string of the molecule is Nc1[nH]c(=O)nc2c1NC(S)N2. The van der Waals surface area contributed by atoms with Crippen molar-refractivity contribution in [3.63, 3.8) is 0 Å². The highest BCUT2D eigenvalue weighted by atomic mass is 32.1. The smallest absolute Gasteiger partial charge is 0.348 e. The van der Waals surface area contributed by atoms with Crippen LogP contribution in [0.25, 0.3) is 0 Å². The van der Waals surface area contributed by atoms with Crippen LogP contribution in [0.2, 0.25) is 0 Å². The summed E-state index contributed by atoms with van der Waals surface area (Å²) in [6, 6.07) is 0. The molecular weight excluding hydrogens is 178 g/mol. The molecule has 2 heterocycles. The summed E-state index contributed by atoms with van der Waals surface area (Å²) in [4.78, 5) is 16.8. The number of anilines is 3. The van der Waals surface area contributed by atoms with E-state index in [1.807, 2.05) is 0 Å². The van der Waals surface area contributed by atoms with Gasteiger partial charge < -0.3 is 16.4 Å². The molecule has 1 aliphatic rings. The van der Waals surface area contributed by atoms with E-state index in [0.29, 0.717) is 11.5 Å². The number of rotatable bonds is 0. The van der Waals surface area contributed by atoms with E-state index >= 15 is 0 Å². The first-order chi connectivity index (χ1) is 5.66. The predicted octanol–water partition coefficient (Wildman–Crippen LogP) is -0.597. The van der Waals surface area contributed by atoms with Crippen LogP contribution in [0, 0.1) is 0 Å². The monoisotopic (exact) mass is 185 g/mol. The molecule has 5 N–H and O–H groups in total. The van der Waals surface area contributed by atoms with Crippen molar-refractivity contribution in [1.82, 2.24) is 9.97 Å². The lowest BCUT2D eigenvalue weighted by molar-refractivity contribution is 1.10. The van der Waals surface area contributed by atoms with Gasteiger partial charge >= 0.3 is 5.69 Å². The lowest BCUT2D eigenvalue weighted by Crippen LogP contribution is -2.14. The highest BCUT2D eigenvalue weighted by Crippen LogP contribution is 2.29. The zero-order valence-electron chi connectivity index (χ0n) is 5.96. The molecule has 12 heavy (non-hydrogen) atoms. The predicted molar refractivity (Wildman–Crippen MR) is 49.3 cm³/mol. The number of nitrogens with two attached hydrogens (primary N) is 1. The molecule has 2 rings (SSSR count). The number of thiol groups is 1. The molecule has 0 saturated heterocycles. The highest BCUT2D eigenvalue weighted by Gasteiger charge is 2.20. The normalized spacial score (nSPS) is 19.6. The quantitative estimate of drug-likeness (QED) is 0.348. The van der Waals surface area contributed by atoms with Gasteiger partial charge in [-0.1, -0.05) is 0 Å². The van der Waals surface area contributed by atoms with Crippen molar-refractivity contribution < 1.29 is 0 Å². The minimum atomic E-state index is -0.469. The number of aromatic nitrogens is 2. The largest absolute Gasteiger partial charge is 0.383 e. The van der Waals surface area contributed by atoms with Gasteiger partial charge in [0.2, 0.25) is 0 Å². The third-order valence-corrected chi connectivity index (χ3v) is 1.77. The fourth-order valence-corrected chi connectivity index (χ4v) is 1.29. The van der Waals surface area contributed by atoms with Crippen LogP contribution in [-0.4, -0.2) is 15.5 Å². The number of nitrogens with one attached hydrogen (secondary N) is 3. The average Bonchev–Trinajstić information content (AvgIpc) is 2.29. The molecule has 0 spiro atoms. The van der Waals surface area contributed by atoms with Gasteiger partial charge in [-0.25, -0.2) is 4.79 Å². The first kappa shape index (κ1) is 7.29. The highest BCUT2D eigenvalue weighted by molar-refractivity contribution is 7.81. The Morgan fingerprint density at radius 1 is 1.50 bits per heavy atom. The van der Waals surface area contributed by atoms with Crippen LogP contribution in [0.5, 0.6) is 0 Å². The lowest BCUT2D eigenvalue weighted by Gasteiger charge is -2.01. The van der Waals surface area contributed by atoms with Crippen LogP contribution in [0.3, 0.4) is 0 Å². The van der Waals surface area contributed by atoms with Gasteiger partial charge in [-0.2, -0.15) is 4.98 Å². The molecule has 0 radical (unpaired) electrons. The average molecular weight is 185 g/mol. The molecule has 1 aromatic rings. The number of fused-ring (bicyclic) bond motifs is 1. The van der Waals surface area contributed by atoms with Crippen LogP contribution in [0.15, 0.2) is 4.79 Å². The Hall–Kier alpha value is -1.37. The van der Waals surface area contributed by atoms with E-state index in [1.165, 1.54) is 0 Å². The fraction of sp³-hybridized carbons (Fsp3) is 0.200. The Bertz CT molecular complexity index is 375. The van der Waals surface area contributed by atoms with Crippen LogP contribution in [-0.2, 0) is 0 Å². The first-order valence-corrected chi connectivity index (χ1v) is 3.79. The van der Waals surface area contributed by atoms with E-state index < -0.39 is 5.69 Å². The molecular formula is C5H7N5OS. The summed E-state index contributed by atoms with van der Waals surface area (Å²) in [6.07, 6.45) is 0. The van der Waals surface area contributed by atoms with Crippen LogP contribution in [0.4, 0.5) is 17.3 Å². The van der Waals surface area contributed by atoms with Crippen LogP contribution >= 0.6 is 12.6 Å². The van der Waals surface area contributed by atoms with Gasteiger partial charge in [-0.15, -0.1) is 12.6 Å². The second-order valence-corrected chi connectivity index (χ2v) is 2.89. The second kappa shape index (κ2) is 2.31. The van der Waals surface area contributed by atoms with Crippen molar-refractivity contribution in [3.05, 3.63) is 10.5 Å². The maximum atomic E-state index is 10.8. The molecule has 0 saturated carbocycles. The Labute approximate surface area is 73.0 Å². The Morgan fingerprint density at radius 3 is 3.00 bits per heavy atom. The second-order valence-electron chi connectivity index (χ2n) is 2.37. The summed E-state index contributed by atoms with van der Waals surface area (Å²) >= 11 is 4.09. The summed E-state index contributed by atoms with van der Waals surface area (Å²) in [5.41, 5.74) is 5.38. The molecule has 64 valence electrons. The van der Waals surface area contributed by atoms with Crippen molar-refractivity contribution in [1.29, 1.82) is 0 Å². The molecule has 0 amide bonds. The first-order valence-electron chi connectivity index (χ1n) is 3.28. The zero-order chi connectivity index (χ0) is 8.72. The number of hydrogen-bond donors (Lipinski definition) is 5.